The molecular formula is C13H25BrO. The molecule has 0 aromatic rings. The summed E-state index contributed by atoms with van der Waals surface area (Å²) < 4.78 is 5.91. The van der Waals surface area contributed by atoms with Gasteiger partial charge in [0, 0.05) is 10.7 Å². The maximum absolute atomic E-state index is 5.91. The summed E-state index contributed by atoms with van der Waals surface area (Å²) in [6.07, 6.45) is 9.78. The van der Waals surface area contributed by atoms with Crippen LogP contribution in [0.2, 0.25) is 0 Å². The van der Waals surface area contributed by atoms with Gasteiger partial charge in [-0.25, -0.2) is 0 Å². The summed E-state index contributed by atoms with van der Waals surface area (Å²) in [5.74, 6) is 0. The molecule has 1 aliphatic carbocycles. The fraction of sp³-hybridized carbons (Fsp3) is 1.00. The van der Waals surface area contributed by atoms with Gasteiger partial charge in [-0.05, 0) is 26.2 Å². The predicted octanol–water partition coefficient (Wildman–Crippen LogP) is 4.54. The van der Waals surface area contributed by atoms with Crippen molar-refractivity contribution in [1.82, 2.24) is 0 Å². The molecule has 0 spiro atoms. The number of unbranched alkanes of at least 4 members (excludes halogenated alkanes) is 3. The number of rotatable bonds is 9. The lowest BCUT2D eigenvalue weighted by atomic mass is 10.1. The third kappa shape index (κ3) is 5.35. The fourth-order valence-electron chi connectivity index (χ4n) is 1.75. The molecule has 2 heteroatoms. The van der Waals surface area contributed by atoms with Crippen LogP contribution in [0, 0.1) is 5.41 Å². The zero-order valence-corrected chi connectivity index (χ0v) is 11.8. The highest BCUT2D eigenvalue weighted by Crippen LogP contribution is 2.47. The van der Waals surface area contributed by atoms with E-state index in [4.69, 9.17) is 4.74 Å². The van der Waals surface area contributed by atoms with Gasteiger partial charge in [-0.3, -0.25) is 0 Å². The van der Waals surface area contributed by atoms with Crippen LogP contribution >= 0.6 is 15.9 Å². The molecule has 0 aromatic heterocycles. The molecule has 1 saturated carbocycles. The summed E-state index contributed by atoms with van der Waals surface area (Å²) in [5.41, 5.74) is 0.512. The van der Waals surface area contributed by atoms with Gasteiger partial charge in [-0.15, -0.1) is 0 Å². The van der Waals surface area contributed by atoms with Gasteiger partial charge in [0.1, 0.15) is 0 Å². The predicted molar refractivity (Wildman–Crippen MR) is 69.6 cm³/mol. The lowest BCUT2D eigenvalue weighted by molar-refractivity contribution is 0.0325. The molecule has 1 aliphatic rings. The molecule has 0 aliphatic heterocycles. The summed E-state index contributed by atoms with van der Waals surface area (Å²) >= 11 is 3.58. The van der Waals surface area contributed by atoms with E-state index < -0.39 is 0 Å². The minimum atomic E-state index is 0.457. The lowest BCUT2D eigenvalue weighted by Crippen LogP contribution is -2.17. The van der Waals surface area contributed by atoms with Crippen LogP contribution in [-0.4, -0.2) is 18.0 Å². The Balaban J connectivity index is 1.96. The van der Waals surface area contributed by atoms with E-state index in [1.54, 1.807) is 0 Å². The largest absolute Gasteiger partial charge is 0.378 e. The van der Waals surface area contributed by atoms with E-state index in [1.807, 2.05) is 0 Å². The number of hydrogen-bond acceptors (Lipinski definition) is 1. The number of halogens is 1. The van der Waals surface area contributed by atoms with Crippen molar-refractivity contribution in [3.05, 3.63) is 0 Å². The minimum Gasteiger partial charge on any atom is -0.378 e. The Bertz CT molecular complexity index is 166. The van der Waals surface area contributed by atoms with Crippen LogP contribution in [0.4, 0.5) is 0 Å². The molecule has 1 unspecified atom stereocenters. The molecule has 0 radical (unpaired) electrons. The van der Waals surface area contributed by atoms with Crippen LogP contribution in [0.1, 0.15) is 58.8 Å². The molecule has 1 nitrogen and oxygen atoms in total. The van der Waals surface area contributed by atoms with Crippen LogP contribution in [0.25, 0.3) is 0 Å². The highest BCUT2D eigenvalue weighted by molar-refractivity contribution is 9.09. The first-order valence-electron chi connectivity index (χ1n) is 6.40. The van der Waals surface area contributed by atoms with Crippen molar-refractivity contribution in [1.29, 1.82) is 0 Å². The van der Waals surface area contributed by atoms with Gasteiger partial charge >= 0.3 is 0 Å². The van der Waals surface area contributed by atoms with Crippen molar-refractivity contribution >= 4 is 15.9 Å². The van der Waals surface area contributed by atoms with Crippen molar-refractivity contribution in [2.75, 3.05) is 11.9 Å². The molecule has 0 bridgehead atoms. The van der Waals surface area contributed by atoms with Gasteiger partial charge in [0.25, 0.3) is 0 Å². The molecule has 0 amide bonds. The highest BCUT2D eigenvalue weighted by atomic mass is 79.9. The Hall–Kier alpha value is 0.440. The van der Waals surface area contributed by atoms with E-state index in [2.05, 4.69) is 29.8 Å². The zero-order valence-electron chi connectivity index (χ0n) is 10.2. The van der Waals surface area contributed by atoms with Crippen molar-refractivity contribution in [2.45, 2.75) is 64.9 Å². The lowest BCUT2D eigenvalue weighted by Gasteiger charge is -2.17. The van der Waals surface area contributed by atoms with E-state index in [0.29, 0.717) is 11.5 Å². The summed E-state index contributed by atoms with van der Waals surface area (Å²) in [7, 11) is 0. The van der Waals surface area contributed by atoms with Gasteiger partial charge in [0.15, 0.2) is 0 Å². The topological polar surface area (TPSA) is 9.23 Å². The Morgan fingerprint density at radius 1 is 1.27 bits per heavy atom. The molecule has 0 heterocycles. The van der Waals surface area contributed by atoms with E-state index in [0.717, 1.165) is 11.9 Å². The molecular weight excluding hydrogens is 252 g/mol. The van der Waals surface area contributed by atoms with Crippen LogP contribution in [-0.2, 0) is 4.74 Å². The molecule has 90 valence electrons. The van der Waals surface area contributed by atoms with E-state index in [1.165, 1.54) is 44.9 Å². The second kappa shape index (κ2) is 6.90. The van der Waals surface area contributed by atoms with E-state index in [-0.39, 0.29) is 0 Å². The molecule has 1 fully saturated rings. The first kappa shape index (κ1) is 13.5. The van der Waals surface area contributed by atoms with Crippen molar-refractivity contribution < 1.29 is 4.74 Å². The van der Waals surface area contributed by atoms with Gasteiger partial charge in [0.05, 0.1) is 12.7 Å². The molecule has 0 N–H and O–H groups in total. The summed E-state index contributed by atoms with van der Waals surface area (Å²) in [4.78, 5) is 0. The Morgan fingerprint density at radius 3 is 2.53 bits per heavy atom. The van der Waals surface area contributed by atoms with Gasteiger partial charge in [0.2, 0.25) is 0 Å². The molecule has 15 heavy (non-hydrogen) atoms. The first-order valence-corrected chi connectivity index (χ1v) is 7.52. The summed E-state index contributed by atoms with van der Waals surface area (Å²) in [6, 6.07) is 0. The van der Waals surface area contributed by atoms with Crippen molar-refractivity contribution in [3.8, 4) is 0 Å². The van der Waals surface area contributed by atoms with Crippen LogP contribution < -0.4 is 0 Å². The van der Waals surface area contributed by atoms with Gasteiger partial charge in [-0.2, -0.15) is 0 Å². The normalized spacial score (nSPS) is 20.2. The Morgan fingerprint density at radius 2 is 2.00 bits per heavy atom. The first-order chi connectivity index (χ1) is 7.22. The average molecular weight is 277 g/mol. The zero-order chi connectivity index (χ0) is 11.1. The summed E-state index contributed by atoms with van der Waals surface area (Å²) in [6.45, 7) is 5.44. The monoisotopic (exact) mass is 276 g/mol. The van der Waals surface area contributed by atoms with Crippen LogP contribution in [0.3, 0.4) is 0 Å². The number of alkyl halides is 1. The smallest absolute Gasteiger partial charge is 0.0547 e. The van der Waals surface area contributed by atoms with Crippen LogP contribution in [0.15, 0.2) is 0 Å². The third-order valence-electron chi connectivity index (χ3n) is 3.38. The van der Waals surface area contributed by atoms with E-state index >= 15 is 0 Å². The average Bonchev–Trinajstić information content (AvgIpc) is 3.02. The maximum Gasteiger partial charge on any atom is 0.0547 e. The second-order valence-electron chi connectivity index (χ2n) is 5.10. The molecule has 1 atom stereocenters. The highest BCUT2D eigenvalue weighted by Gasteiger charge is 2.41. The molecule has 0 aromatic carbocycles. The number of hydrogen-bond donors (Lipinski definition) is 0. The van der Waals surface area contributed by atoms with Gasteiger partial charge in [-0.1, -0.05) is 48.5 Å². The van der Waals surface area contributed by atoms with Gasteiger partial charge < -0.3 is 4.74 Å². The third-order valence-corrected chi connectivity index (χ3v) is 4.57. The Labute approximate surface area is 103 Å². The fourth-order valence-corrected chi connectivity index (χ4v) is 2.48. The van der Waals surface area contributed by atoms with Crippen molar-refractivity contribution in [2.24, 2.45) is 5.41 Å². The second-order valence-corrected chi connectivity index (χ2v) is 5.67. The minimum absolute atomic E-state index is 0.457. The Kier molecular flexibility index (Phi) is 6.21. The molecule has 0 saturated heterocycles. The standard InChI is InChI=1S/C13H25BrO/c1-3-4-5-6-7-12(2)15-11-13(10-14)8-9-13/h12H,3-11H2,1-2H3. The SMILES string of the molecule is CCCCCCC(C)OCC1(CBr)CC1. The van der Waals surface area contributed by atoms with Crippen molar-refractivity contribution in [3.63, 3.8) is 0 Å². The van der Waals surface area contributed by atoms with E-state index in [9.17, 15) is 0 Å². The maximum atomic E-state index is 5.91. The van der Waals surface area contributed by atoms with Crippen LogP contribution in [0.5, 0.6) is 0 Å². The quantitative estimate of drug-likeness (QED) is 0.444. The summed E-state index contributed by atoms with van der Waals surface area (Å²) in [5, 5.41) is 1.11. The number of ether oxygens (including phenoxy) is 1. The molecule has 1 rings (SSSR count).